The molecule has 3 aromatic rings. The van der Waals surface area contributed by atoms with Crippen LogP contribution in [0.4, 0.5) is 23.3 Å². The first-order chi connectivity index (χ1) is 15.0. The first-order valence-electron chi connectivity index (χ1n) is 10.1. The van der Waals surface area contributed by atoms with E-state index in [0.717, 1.165) is 37.4 Å². The lowest BCUT2D eigenvalue weighted by atomic mass is 10.1. The highest BCUT2D eigenvalue weighted by Gasteiger charge is 2.22. The van der Waals surface area contributed by atoms with Crippen molar-refractivity contribution >= 4 is 40.8 Å². The molecular formula is C22H23ClN6O2. The van der Waals surface area contributed by atoms with Crippen molar-refractivity contribution in [3.8, 4) is 5.75 Å². The van der Waals surface area contributed by atoms with E-state index in [1.807, 2.05) is 48.5 Å². The number of nitrogens with zero attached hydrogens (tertiary/aromatic N) is 4. The normalized spacial score (nSPS) is 14.2. The first kappa shape index (κ1) is 20.9. The first-order valence-corrected chi connectivity index (χ1v) is 10.4. The molecule has 160 valence electrons. The van der Waals surface area contributed by atoms with Gasteiger partial charge in [-0.15, -0.1) is 0 Å². The molecule has 0 aliphatic carbocycles. The van der Waals surface area contributed by atoms with Crippen LogP contribution in [0.1, 0.15) is 19.8 Å². The molecule has 9 heteroatoms. The molecule has 1 saturated heterocycles. The van der Waals surface area contributed by atoms with Crippen molar-refractivity contribution in [2.45, 2.75) is 25.9 Å². The zero-order chi connectivity index (χ0) is 21.6. The number of ether oxygens (including phenoxy) is 1. The average Bonchev–Trinajstić information content (AvgIpc) is 2.76. The SMILES string of the molecule is CC(=O)Nc1cccc(Nc2ncnc(N3CCC(Oc4ccc(Cl)cc4)CC3)n2)c1. The molecule has 2 N–H and O–H groups in total. The van der Waals surface area contributed by atoms with E-state index in [4.69, 9.17) is 16.3 Å². The predicted octanol–water partition coefficient (Wildman–Crippen LogP) is 4.27. The summed E-state index contributed by atoms with van der Waals surface area (Å²) in [7, 11) is 0. The fraction of sp³-hybridized carbons (Fsp3) is 0.273. The highest BCUT2D eigenvalue weighted by atomic mass is 35.5. The largest absolute Gasteiger partial charge is 0.490 e. The van der Waals surface area contributed by atoms with Gasteiger partial charge in [0.05, 0.1) is 0 Å². The Morgan fingerprint density at radius 1 is 1.10 bits per heavy atom. The summed E-state index contributed by atoms with van der Waals surface area (Å²) in [4.78, 5) is 26.5. The van der Waals surface area contributed by atoms with Gasteiger partial charge in [-0.1, -0.05) is 17.7 Å². The summed E-state index contributed by atoms with van der Waals surface area (Å²) in [6.45, 7) is 3.06. The van der Waals surface area contributed by atoms with Crippen LogP contribution < -0.4 is 20.3 Å². The van der Waals surface area contributed by atoms with Gasteiger partial charge in [0.1, 0.15) is 18.2 Å². The summed E-state index contributed by atoms with van der Waals surface area (Å²) in [5.41, 5.74) is 1.48. The summed E-state index contributed by atoms with van der Waals surface area (Å²) in [5, 5.41) is 6.62. The summed E-state index contributed by atoms with van der Waals surface area (Å²) < 4.78 is 6.06. The van der Waals surface area contributed by atoms with E-state index in [-0.39, 0.29) is 12.0 Å². The minimum atomic E-state index is -0.122. The maximum absolute atomic E-state index is 11.3. The molecule has 2 heterocycles. The monoisotopic (exact) mass is 438 g/mol. The van der Waals surface area contributed by atoms with Crippen LogP contribution in [0.3, 0.4) is 0 Å². The fourth-order valence-electron chi connectivity index (χ4n) is 3.39. The van der Waals surface area contributed by atoms with Crippen molar-refractivity contribution in [3.63, 3.8) is 0 Å². The standard InChI is InChI=1S/C22H23ClN6O2/c1-15(30)26-17-3-2-4-18(13-17)27-21-24-14-25-22(28-21)29-11-9-20(10-12-29)31-19-7-5-16(23)6-8-19/h2-8,13-14,20H,9-12H2,1H3,(H,26,30)(H,24,25,27,28). The molecule has 1 amide bonds. The van der Waals surface area contributed by atoms with Gasteiger partial charge >= 0.3 is 0 Å². The van der Waals surface area contributed by atoms with Crippen LogP contribution in [-0.2, 0) is 4.79 Å². The van der Waals surface area contributed by atoms with Gasteiger partial charge in [-0.05, 0) is 42.5 Å². The minimum Gasteiger partial charge on any atom is -0.490 e. The number of piperidine rings is 1. The molecule has 0 unspecified atom stereocenters. The molecule has 31 heavy (non-hydrogen) atoms. The lowest BCUT2D eigenvalue weighted by molar-refractivity contribution is -0.114. The van der Waals surface area contributed by atoms with Crippen LogP contribution in [0.5, 0.6) is 5.75 Å². The Hall–Kier alpha value is -3.39. The van der Waals surface area contributed by atoms with Gasteiger partial charge in [-0.25, -0.2) is 9.97 Å². The second-order valence-corrected chi connectivity index (χ2v) is 7.69. The molecule has 0 saturated carbocycles. The molecule has 1 aliphatic heterocycles. The molecule has 0 spiro atoms. The van der Waals surface area contributed by atoms with E-state index < -0.39 is 0 Å². The summed E-state index contributed by atoms with van der Waals surface area (Å²) in [6, 6.07) is 14.8. The van der Waals surface area contributed by atoms with Crippen LogP contribution in [0.25, 0.3) is 0 Å². The fourth-order valence-corrected chi connectivity index (χ4v) is 3.51. The molecule has 1 aliphatic rings. The number of aromatic nitrogens is 3. The molecule has 4 rings (SSSR count). The molecule has 0 atom stereocenters. The maximum Gasteiger partial charge on any atom is 0.231 e. The van der Waals surface area contributed by atoms with Crippen LogP contribution >= 0.6 is 11.6 Å². The van der Waals surface area contributed by atoms with Crippen molar-refractivity contribution in [1.29, 1.82) is 0 Å². The third-order valence-corrected chi connectivity index (χ3v) is 5.09. The lowest BCUT2D eigenvalue weighted by Gasteiger charge is -2.32. The zero-order valence-corrected chi connectivity index (χ0v) is 17.8. The Morgan fingerprint density at radius 3 is 2.58 bits per heavy atom. The Labute approximate surface area is 185 Å². The number of anilines is 4. The number of hydrogen-bond acceptors (Lipinski definition) is 7. The Kier molecular flexibility index (Phi) is 6.47. The number of benzene rings is 2. The molecule has 0 bridgehead atoms. The predicted molar refractivity (Wildman–Crippen MR) is 121 cm³/mol. The maximum atomic E-state index is 11.3. The summed E-state index contributed by atoms with van der Waals surface area (Å²) >= 11 is 5.93. The van der Waals surface area contributed by atoms with E-state index in [1.165, 1.54) is 13.3 Å². The van der Waals surface area contributed by atoms with Crippen molar-refractivity contribution in [2.24, 2.45) is 0 Å². The van der Waals surface area contributed by atoms with Gasteiger partial charge in [0.25, 0.3) is 0 Å². The number of nitrogens with one attached hydrogen (secondary N) is 2. The van der Waals surface area contributed by atoms with Gasteiger partial charge in [-0.2, -0.15) is 4.98 Å². The number of hydrogen-bond donors (Lipinski definition) is 2. The van der Waals surface area contributed by atoms with E-state index >= 15 is 0 Å². The third-order valence-electron chi connectivity index (χ3n) is 4.84. The van der Waals surface area contributed by atoms with Crippen molar-refractivity contribution in [2.75, 3.05) is 28.6 Å². The van der Waals surface area contributed by atoms with E-state index in [0.29, 0.717) is 22.6 Å². The summed E-state index contributed by atoms with van der Waals surface area (Å²) in [5.74, 6) is 1.78. The molecule has 1 aromatic heterocycles. The Bertz CT molecular complexity index is 1040. The van der Waals surface area contributed by atoms with Gasteiger partial charge in [-0.3, -0.25) is 4.79 Å². The van der Waals surface area contributed by atoms with Gasteiger partial charge in [0.15, 0.2) is 0 Å². The van der Waals surface area contributed by atoms with Crippen molar-refractivity contribution < 1.29 is 9.53 Å². The zero-order valence-electron chi connectivity index (χ0n) is 17.1. The molecular weight excluding hydrogens is 416 g/mol. The highest BCUT2D eigenvalue weighted by Crippen LogP contribution is 2.23. The van der Waals surface area contributed by atoms with Gasteiger partial charge < -0.3 is 20.3 Å². The van der Waals surface area contributed by atoms with Crippen LogP contribution in [-0.4, -0.2) is 40.1 Å². The molecule has 0 radical (unpaired) electrons. The van der Waals surface area contributed by atoms with E-state index in [9.17, 15) is 4.79 Å². The van der Waals surface area contributed by atoms with Gasteiger partial charge in [0, 0.05) is 49.3 Å². The molecule has 8 nitrogen and oxygen atoms in total. The third kappa shape index (κ3) is 5.82. The van der Waals surface area contributed by atoms with E-state index in [1.54, 1.807) is 0 Å². The highest BCUT2D eigenvalue weighted by molar-refractivity contribution is 6.30. The number of carbonyl (C=O) groups excluding carboxylic acids is 1. The second-order valence-electron chi connectivity index (χ2n) is 7.25. The van der Waals surface area contributed by atoms with Crippen LogP contribution in [0.2, 0.25) is 5.02 Å². The molecule has 2 aromatic carbocycles. The number of rotatable bonds is 6. The van der Waals surface area contributed by atoms with E-state index in [2.05, 4.69) is 30.5 Å². The Morgan fingerprint density at radius 2 is 1.84 bits per heavy atom. The topological polar surface area (TPSA) is 92.3 Å². The van der Waals surface area contributed by atoms with Crippen molar-refractivity contribution in [3.05, 3.63) is 59.9 Å². The average molecular weight is 439 g/mol. The summed E-state index contributed by atoms with van der Waals surface area (Å²) in [6.07, 6.45) is 3.39. The minimum absolute atomic E-state index is 0.122. The van der Waals surface area contributed by atoms with Crippen molar-refractivity contribution in [1.82, 2.24) is 15.0 Å². The van der Waals surface area contributed by atoms with Crippen LogP contribution in [0, 0.1) is 0 Å². The number of amides is 1. The quantitative estimate of drug-likeness (QED) is 0.593. The van der Waals surface area contributed by atoms with Crippen LogP contribution in [0.15, 0.2) is 54.9 Å². The number of carbonyl (C=O) groups is 1. The Balaban J connectivity index is 1.35. The second kappa shape index (κ2) is 9.61. The lowest BCUT2D eigenvalue weighted by Crippen LogP contribution is -2.39. The molecule has 1 fully saturated rings. The number of halogens is 1. The smallest absolute Gasteiger partial charge is 0.231 e. The van der Waals surface area contributed by atoms with Gasteiger partial charge in [0.2, 0.25) is 17.8 Å².